The molecule has 2 aromatic heterocycles. The van der Waals surface area contributed by atoms with Crippen molar-refractivity contribution < 1.29 is 4.79 Å². The number of benzene rings is 1. The van der Waals surface area contributed by atoms with E-state index in [4.69, 9.17) is 5.73 Å². The summed E-state index contributed by atoms with van der Waals surface area (Å²) in [6, 6.07) is 10.6. The molecule has 0 fully saturated rings. The van der Waals surface area contributed by atoms with Gasteiger partial charge >= 0.3 is 0 Å². The van der Waals surface area contributed by atoms with E-state index in [1.165, 1.54) is 0 Å². The second-order valence-corrected chi connectivity index (χ2v) is 4.66. The van der Waals surface area contributed by atoms with Crippen LogP contribution < -0.4 is 11.1 Å². The molecule has 6 nitrogen and oxygen atoms in total. The van der Waals surface area contributed by atoms with Crippen LogP contribution in [0, 0.1) is 0 Å². The van der Waals surface area contributed by atoms with E-state index in [2.05, 4.69) is 15.5 Å². The molecule has 21 heavy (non-hydrogen) atoms. The van der Waals surface area contributed by atoms with Gasteiger partial charge in [-0.15, -0.1) is 10.2 Å². The van der Waals surface area contributed by atoms with Crippen LogP contribution in [-0.2, 0) is 6.42 Å². The molecular formula is C15H15N5O. The number of nitrogens with one attached hydrogen (secondary N) is 1. The van der Waals surface area contributed by atoms with Crippen LogP contribution in [0.4, 0.5) is 11.4 Å². The Morgan fingerprint density at radius 2 is 2.14 bits per heavy atom. The number of anilines is 2. The van der Waals surface area contributed by atoms with Crippen LogP contribution >= 0.6 is 0 Å². The van der Waals surface area contributed by atoms with Crippen molar-refractivity contribution in [2.75, 3.05) is 11.1 Å². The second-order valence-electron chi connectivity index (χ2n) is 4.66. The van der Waals surface area contributed by atoms with Gasteiger partial charge in [0.05, 0.1) is 5.56 Å². The molecule has 0 saturated carbocycles. The number of carbonyl (C=O) groups excluding carboxylic acids is 1. The molecule has 106 valence electrons. The summed E-state index contributed by atoms with van der Waals surface area (Å²) in [7, 11) is 0. The minimum absolute atomic E-state index is 0.235. The van der Waals surface area contributed by atoms with Crippen molar-refractivity contribution in [1.29, 1.82) is 0 Å². The average molecular weight is 281 g/mol. The van der Waals surface area contributed by atoms with Crippen molar-refractivity contribution in [2.24, 2.45) is 0 Å². The number of pyridine rings is 1. The lowest BCUT2D eigenvalue weighted by molar-refractivity contribution is 0.102. The van der Waals surface area contributed by atoms with Crippen LogP contribution in [0.15, 0.2) is 42.6 Å². The summed E-state index contributed by atoms with van der Waals surface area (Å²) in [6.45, 7) is 2.00. The highest BCUT2D eigenvalue weighted by Crippen LogP contribution is 2.16. The molecule has 0 atom stereocenters. The van der Waals surface area contributed by atoms with Gasteiger partial charge in [-0.1, -0.05) is 13.0 Å². The standard InChI is InChI=1S/C15H15N5O/c1-2-13-18-19-14-12(7-4-8-20(13)14)15(21)17-11-6-3-5-10(16)9-11/h3-9H,2,16H2,1H3,(H,17,21). The van der Waals surface area contributed by atoms with Gasteiger partial charge in [0.15, 0.2) is 5.65 Å². The minimum Gasteiger partial charge on any atom is -0.399 e. The fourth-order valence-electron chi connectivity index (χ4n) is 2.20. The van der Waals surface area contributed by atoms with Crippen molar-refractivity contribution in [3.05, 3.63) is 54.0 Å². The van der Waals surface area contributed by atoms with Crippen molar-refractivity contribution in [3.63, 3.8) is 0 Å². The molecule has 0 radical (unpaired) electrons. The van der Waals surface area contributed by atoms with E-state index in [0.717, 1.165) is 12.2 Å². The first-order valence-corrected chi connectivity index (χ1v) is 6.68. The topological polar surface area (TPSA) is 85.3 Å². The predicted octanol–water partition coefficient (Wildman–Crippen LogP) is 2.13. The number of rotatable bonds is 3. The van der Waals surface area contributed by atoms with E-state index in [1.54, 1.807) is 30.3 Å². The van der Waals surface area contributed by atoms with E-state index in [9.17, 15) is 4.79 Å². The summed E-state index contributed by atoms with van der Waals surface area (Å²) in [5.41, 5.74) is 7.99. The van der Waals surface area contributed by atoms with Gasteiger partial charge in [-0.05, 0) is 30.3 Å². The molecule has 3 aromatic rings. The Balaban J connectivity index is 1.96. The van der Waals surface area contributed by atoms with Gasteiger partial charge in [0.25, 0.3) is 5.91 Å². The van der Waals surface area contributed by atoms with Crippen LogP contribution in [-0.4, -0.2) is 20.5 Å². The molecule has 0 saturated heterocycles. The molecule has 1 amide bonds. The highest BCUT2D eigenvalue weighted by atomic mass is 16.1. The number of carbonyl (C=O) groups is 1. The molecule has 0 aliphatic rings. The highest BCUT2D eigenvalue weighted by molar-refractivity contribution is 6.08. The maximum atomic E-state index is 12.4. The molecule has 1 aromatic carbocycles. The minimum atomic E-state index is -0.235. The maximum Gasteiger partial charge on any atom is 0.259 e. The van der Waals surface area contributed by atoms with E-state index in [1.807, 2.05) is 23.6 Å². The van der Waals surface area contributed by atoms with E-state index >= 15 is 0 Å². The number of hydrogen-bond donors (Lipinski definition) is 2. The van der Waals surface area contributed by atoms with Crippen molar-refractivity contribution in [3.8, 4) is 0 Å². The molecular weight excluding hydrogens is 266 g/mol. The van der Waals surface area contributed by atoms with Gasteiger partial charge in [0.1, 0.15) is 5.82 Å². The fourth-order valence-corrected chi connectivity index (χ4v) is 2.20. The Bertz CT molecular complexity index is 809. The largest absolute Gasteiger partial charge is 0.399 e. The summed E-state index contributed by atoms with van der Waals surface area (Å²) in [6.07, 6.45) is 2.60. The molecule has 2 heterocycles. The fraction of sp³-hybridized carbons (Fsp3) is 0.133. The van der Waals surface area contributed by atoms with Crippen molar-refractivity contribution in [2.45, 2.75) is 13.3 Å². The Morgan fingerprint density at radius 3 is 2.90 bits per heavy atom. The Hall–Kier alpha value is -2.89. The molecule has 3 N–H and O–H groups in total. The first-order chi connectivity index (χ1) is 10.2. The summed E-state index contributed by atoms with van der Waals surface area (Å²) in [4.78, 5) is 12.4. The summed E-state index contributed by atoms with van der Waals surface area (Å²) in [5.74, 6) is 0.588. The molecule has 0 aliphatic carbocycles. The SMILES string of the molecule is CCc1nnc2c(C(=O)Nc3cccc(N)c3)cccn12. The van der Waals surface area contributed by atoms with E-state index in [0.29, 0.717) is 22.6 Å². The van der Waals surface area contributed by atoms with Crippen molar-refractivity contribution in [1.82, 2.24) is 14.6 Å². The first kappa shape index (κ1) is 13.1. The van der Waals surface area contributed by atoms with Crippen LogP contribution in [0.1, 0.15) is 23.1 Å². The zero-order valence-corrected chi connectivity index (χ0v) is 11.6. The normalized spacial score (nSPS) is 10.7. The lowest BCUT2D eigenvalue weighted by atomic mass is 10.2. The number of nitrogens with two attached hydrogens (primary N) is 1. The number of hydrogen-bond acceptors (Lipinski definition) is 4. The molecule has 0 bridgehead atoms. The van der Waals surface area contributed by atoms with Gasteiger partial charge in [0.2, 0.25) is 0 Å². The number of nitrogens with zero attached hydrogens (tertiary/aromatic N) is 3. The monoisotopic (exact) mass is 281 g/mol. The molecule has 0 unspecified atom stereocenters. The third kappa shape index (κ3) is 2.43. The lowest BCUT2D eigenvalue weighted by Gasteiger charge is -2.07. The summed E-state index contributed by atoms with van der Waals surface area (Å²) < 4.78 is 1.83. The zero-order chi connectivity index (χ0) is 14.8. The number of nitrogen functional groups attached to an aromatic ring is 1. The Kier molecular flexibility index (Phi) is 3.27. The smallest absolute Gasteiger partial charge is 0.259 e. The molecule has 6 heteroatoms. The van der Waals surface area contributed by atoms with Gasteiger partial charge in [-0.25, -0.2) is 0 Å². The predicted molar refractivity (Wildman–Crippen MR) is 81.2 cm³/mol. The third-order valence-corrected chi connectivity index (χ3v) is 3.21. The molecule has 0 aliphatic heterocycles. The first-order valence-electron chi connectivity index (χ1n) is 6.68. The average Bonchev–Trinajstić information content (AvgIpc) is 2.90. The number of aromatic nitrogens is 3. The summed E-state index contributed by atoms with van der Waals surface area (Å²) in [5, 5.41) is 11.0. The highest BCUT2D eigenvalue weighted by Gasteiger charge is 2.14. The third-order valence-electron chi connectivity index (χ3n) is 3.21. The van der Waals surface area contributed by atoms with Gasteiger partial charge in [0, 0.05) is 24.0 Å². The van der Waals surface area contributed by atoms with Crippen molar-refractivity contribution >= 4 is 22.9 Å². The van der Waals surface area contributed by atoms with E-state index in [-0.39, 0.29) is 5.91 Å². The van der Waals surface area contributed by atoms with Crippen LogP contribution in [0.2, 0.25) is 0 Å². The lowest BCUT2D eigenvalue weighted by Crippen LogP contribution is -2.13. The number of aryl methyl sites for hydroxylation is 1. The van der Waals surface area contributed by atoms with Crippen LogP contribution in [0.5, 0.6) is 0 Å². The second kappa shape index (κ2) is 5.24. The van der Waals surface area contributed by atoms with Crippen LogP contribution in [0.3, 0.4) is 0 Å². The van der Waals surface area contributed by atoms with Gasteiger partial charge in [-0.3, -0.25) is 9.20 Å². The Labute approximate surface area is 121 Å². The molecule has 3 rings (SSSR count). The Morgan fingerprint density at radius 1 is 1.29 bits per heavy atom. The molecule has 0 spiro atoms. The number of amides is 1. The van der Waals surface area contributed by atoms with Crippen LogP contribution in [0.25, 0.3) is 5.65 Å². The maximum absolute atomic E-state index is 12.4. The zero-order valence-electron chi connectivity index (χ0n) is 11.6. The van der Waals surface area contributed by atoms with E-state index < -0.39 is 0 Å². The quantitative estimate of drug-likeness (QED) is 0.720. The van der Waals surface area contributed by atoms with Gasteiger partial charge < -0.3 is 11.1 Å². The number of fused-ring (bicyclic) bond motifs is 1. The van der Waals surface area contributed by atoms with Gasteiger partial charge in [-0.2, -0.15) is 0 Å². The summed E-state index contributed by atoms with van der Waals surface area (Å²) >= 11 is 0.